The lowest BCUT2D eigenvalue weighted by molar-refractivity contribution is 0.0999. The second-order valence-electron chi connectivity index (χ2n) is 4.14. The van der Waals surface area contributed by atoms with Gasteiger partial charge in [0.25, 0.3) is 0 Å². The van der Waals surface area contributed by atoms with Gasteiger partial charge in [0.2, 0.25) is 5.91 Å². The fourth-order valence-electron chi connectivity index (χ4n) is 1.61. The molecular formula is C14H12F2N2O2. The number of rotatable bonds is 4. The van der Waals surface area contributed by atoms with Crippen LogP contribution in [-0.2, 0) is 6.61 Å². The number of hydrogen-bond acceptors (Lipinski definition) is 3. The van der Waals surface area contributed by atoms with Gasteiger partial charge < -0.3 is 16.2 Å². The third kappa shape index (κ3) is 3.03. The zero-order valence-electron chi connectivity index (χ0n) is 10.4. The molecule has 0 unspecified atom stereocenters. The molecule has 0 saturated carbocycles. The SMILES string of the molecule is NC(=O)c1ccc(COc2cc(F)ccc2N)c(F)c1. The summed E-state index contributed by atoms with van der Waals surface area (Å²) in [5, 5.41) is 0. The zero-order valence-corrected chi connectivity index (χ0v) is 10.4. The van der Waals surface area contributed by atoms with E-state index in [0.717, 1.165) is 12.1 Å². The summed E-state index contributed by atoms with van der Waals surface area (Å²) in [4.78, 5) is 10.9. The Hall–Kier alpha value is -2.63. The topological polar surface area (TPSA) is 78.3 Å². The van der Waals surface area contributed by atoms with Crippen molar-refractivity contribution in [2.24, 2.45) is 5.73 Å². The smallest absolute Gasteiger partial charge is 0.248 e. The molecule has 0 aliphatic heterocycles. The Bertz CT molecular complexity index is 660. The van der Waals surface area contributed by atoms with Gasteiger partial charge in [-0.25, -0.2) is 8.78 Å². The van der Waals surface area contributed by atoms with Crippen molar-refractivity contribution < 1.29 is 18.3 Å². The van der Waals surface area contributed by atoms with Crippen LogP contribution in [0.2, 0.25) is 0 Å². The zero-order chi connectivity index (χ0) is 14.7. The van der Waals surface area contributed by atoms with E-state index in [0.29, 0.717) is 0 Å². The van der Waals surface area contributed by atoms with E-state index in [4.69, 9.17) is 16.2 Å². The molecule has 6 heteroatoms. The molecule has 0 heterocycles. The van der Waals surface area contributed by atoms with Crippen LogP contribution in [0.5, 0.6) is 5.75 Å². The average molecular weight is 278 g/mol. The van der Waals surface area contributed by atoms with E-state index >= 15 is 0 Å². The Morgan fingerprint density at radius 3 is 2.55 bits per heavy atom. The predicted octanol–water partition coefficient (Wildman–Crippen LogP) is 2.22. The van der Waals surface area contributed by atoms with Gasteiger partial charge in [-0.2, -0.15) is 0 Å². The second kappa shape index (κ2) is 5.56. The third-order valence-electron chi connectivity index (χ3n) is 2.70. The van der Waals surface area contributed by atoms with Crippen LogP contribution in [0.25, 0.3) is 0 Å². The first-order valence-corrected chi connectivity index (χ1v) is 5.73. The summed E-state index contributed by atoms with van der Waals surface area (Å²) in [6.45, 7) is -0.140. The molecular weight excluding hydrogens is 266 g/mol. The molecule has 0 aliphatic carbocycles. The molecule has 2 rings (SSSR count). The number of ether oxygens (including phenoxy) is 1. The van der Waals surface area contributed by atoms with Crippen LogP contribution in [0.15, 0.2) is 36.4 Å². The molecule has 0 spiro atoms. The summed E-state index contributed by atoms with van der Waals surface area (Å²) >= 11 is 0. The fourth-order valence-corrected chi connectivity index (χ4v) is 1.61. The summed E-state index contributed by atoms with van der Waals surface area (Å²) in [5.74, 6) is -1.72. The van der Waals surface area contributed by atoms with Crippen molar-refractivity contribution in [1.82, 2.24) is 0 Å². The molecule has 0 bridgehead atoms. The van der Waals surface area contributed by atoms with Crippen molar-refractivity contribution in [1.29, 1.82) is 0 Å². The second-order valence-corrected chi connectivity index (χ2v) is 4.14. The van der Waals surface area contributed by atoms with Gasteiger partial charge in [-0.3, -0.25) is 4.79 Å². The molecule has 20 heavy (non-hydrogen) atoms. The summed E-state index contributed by atoms with van der Waals surface area (Å²) < 4.78 is 32.0. The highest BCUT2D eigenvalue weighted by molar-refractivity contribution is 5.92. The van der Waals surface area contributed by atoms with Crippen LogP contribution in [0, 0.1) is 11.6 Å². The van der Waals surface area contributed by atoms with Crippen molar-refractivity contribution in [3.05, 3.63) is 59.2 Å². The highest BCUT2D eigenvalue weighted by atomic mass is 19.1. The molecule has 0 aliphatic rings. The number of nitrogen functional groups attached to an aromatic ring is 1. The Labute approximate surface area is 114 Å². The van der Waals surface area contributed by atoms with E-state index in [1.54, 1.807) is 0 Å². The molecule has 0 atom stereocenters. The molecule has 4 nitrogen and oxygen atoms in total. The fraction of sp³-hybridized carbons (Fsp3) is 0.0714. The first-order chi connectivity index (χ1) is 9.47. The summed E-state index contributed by atoms with van der Waals surface area (Å²) in [5.41, 5.74) is 11.2. The lowest BCUT2D eigenvalue weighted by Gasteiger charge is -2.10. The molecule has 104 valence electrons. The van der Waals surface area contributed by atoms with E-state index in [-0.39, 0.29) is 29.2 Å². The average Bonchev–Trinajstić information content (AvgIpc) is 2.40. The summed E-state index contributed by atoms with van der Waals surface area (Å²) in [6, 6.07) is 7.46. The molecule has 0 radical (unpaired) electrons. The minimum absolute atomic E-state index is 0.0662. The van der Waals surface area contributed by atoms with Crippen LogP contribution < -0.4 is 16.2 Å². The van der Waals surface area contributed by atoms with E-state index in [1.807, 2.05) is 0 Å². The number of nitrogens with two attached hydrogens (primary N) is 2. The maximum absolute atomic E-state index is 13.7. The van der Waals surface area contributed by atoms with Crippen molar-refractivity contribution in [2.75, 3.05) is 5.73 Å². The Morgan fingerprint density at radius 1 is 1.15 bits per heavy atom. The Morgan fingerprint density at radius 2 is 1.90 bits per heavy atom. The largest absolute Gasteiger partial charge is 0.487 e. The van der Waals surface area contributed by atoms with Crippen LogP contribution in [-0.4, -0.2) is 5.91 Å². The molecule has 4 N–H and O–H groups in total. The van der Waals surface area contributed by atoms with Gasteiger partial charge in [-0.15, -0.1) is 0 Å². The molecule has 2 aromatic rings. The number of amides is 1. The number of halogens is 2. The summed E-state index contributed by atoms with van der Waals surface area (Å²) in [6.07, 6.45) is 0. The molecule has 0 aromatic heterocycles. The van der Waals surface area contributed by atoms with E-state index in [9.17, 15) is 13.6 Å². The number of carbonyl (C=O) groups excluding carboxylic acids is 1. The van der Waals surface area contributed by atoms with Crippen molar-refractivity contribution in [3.8, 4) is 5.75 Å². The minimum Gasteiger partial charge on any atom is -0.487 e. The number of benzene rings is 2. The van der Waals surface area contributed by atoms with Crippen LogP contribution in [0.1, 0.15) is 15.9 Å². The number of hydrogen-bond donors (Lipinski definition) is 2. The highest BCUT2D eigenvalue weighted by Gasteiger charge is 2.09. The molecule has 0 fully saturated rings. The van der Waals surface area contributed by atoms with Crippen molar-refractivity contribution >= 4 is 11.6 Å². The highest BCUT2D eigenvalue weighted by Crippen LogP contribution is 2.23. The van der Waals surface area contributed by atoms with Crippen molar-refractivity contribution in [2.45, 2.75) is 6.61 Å². The van der Waals surface area contributed by atoms with Gasteiger partial charge in [-0.05, 0) is 24.3 Å². The number of primary amides is 1. The van der Waals surface area contributed by atoms with Gasteiger partial charge in [0.15, 0.2) is 0 Å². The Kier molecular flexibility index (Phi) is 3.84. The van der Waals surface area contributed by atoms with Crippen molar-refractivity contribution in [3.63, 3.8) is 0 Å². The minimum atomic E-state index is -0.717. The van der Waals surface area contributed by atoms with Gasteiger partial charge in [0.05, 0.1) is 5.69 Å². The first kappa shape index (κ1) is 13.8. The third-order valence-corrected chi connectivity index (χ3v) is 2.70. The maximum atomic E-state index is 13.7. The quantitative estimate of drug-likeness (QED) is 0.842. The lowest BCUT2D eigenvalue weighted by atomic mass is 10.1. The van der Waals surface area contributed by atoms with Gasteiger partial charge >= 0.3 is 0 Å². The number of anilines is 1. The molecule has 0 saturated heterocycles. The Balaban J connectivity index is 2.15. The van der Waals surface area contributed by atoms with Gasteiger partial charge in [0, 0.05) is 17.2 Å². The predicted molar refractivity (Wildman–Crippen MR) is 70.1 cm³/mol. The standard InChI is InChI=1S/C14H12F2N2O2/c15-10-3-4-12(17)13(6-10)20-7-9-2-1-8(14(18)19)5-11(9)16/h1-6H,7,17H2,(H2,18,19). The van der Waals surface area contributed by atoms with Gasteiger partial charge in [0.1, 0.15) is 24.0 Å². The van der Waals surface area contributed by atoms with Gasteiger partial charge in [-0.1, -0.05) is 6.07 Å². The normalized spacial score (nSPS) is 10.3. The summed E-state index contributed by atoms with van der Waals surface area (Å²) in [7, 11) is 0. The van der Waals surface area contributed by atoms with E-state index in [1.165, 1.54) is 24.3 Å². The first-order valence-electron chi connectivity index (χ1n) is 5.73. The van der Waals surface area contributed by atoms with Crippen LogP contribution in [0.3, 0.4) is 0 Å². The maximum Gasteiger partial charge on any atom is 0.248 e. The van der Waals surface area contributed by atoms with Crippen LogP contribution >= 0.6 is 0 Å². The lowest BCUT2D eigenvalue weighted by Crippen LogP contribution is -2.12. The monoisotopic (exact) mass is 278 g/mol. The van der Waals surface area contributed by atoms with E-state index in [2.05, 4.69) is 0 Å². The number of carbonyl (C=O) groups is 1. The van der Waals surface area contributed by atoms with Crippen LogP contribution in [0.4, 0.5) is 14.5 Å². The molecule has 2 aromatic carbocycles. The van der Waals surface area contributed by atoms with E-state index < -0.39 is 17.5 Å². The molecule has 1 amide bonds.